The Kier molecular flexibility index (Phi) is 5.64. The highest BCUT2D eigenvalue weighted by Crippen LogP contribution is 2.36. The van der Waals surface area contributed by atoms with Crippen molar-refractivity contribution in [1.82, 2.24) is 4.90 Å². The molecule has 1 aliphatic rings. The molecule has 2 rings (SSSR count). The van der Waals surface area contributed by atoms with Gasteiger partial charge in [0.15, 0.2) is 0 Å². The van der Waals surface area contributed by atoms with E-state index in [4.69, 9.17) is 4.74 Å². The van der Waals surface area contributed by atoms with Crippen LogP contribution in [0, 0.1) is 5.92 Å². The molecule has 5 heteroatoms. The van der Waals surface area contributed by atoms with Gasteiger partial charge in [0.05, 0.1) is 12.2 Å². The Bertz CT molecular complexity index is 489. The molecule has 0 aromatic heterocycles. The van der Waals surface area contributed by atoms with Gasteiger partial charge in [-0.2, -0.15) is 0 Å². The Morgan fingerprint density at radius 1 is 1.45 bits per heavy atom. The number of carbonyl (C=O) groups is 1. The summed E-state index contributed by atoms with van der Waals surface area (Å²) in [5, 5.41) is 0. The van der Waals surface area contributed by atoms with Gasteiger partial charge in [-0.3, -0.25) is 4.79 Å². The number of hydrogen-bond donors (Lipinski definition) is 0. The summed E-state index contributed by atoms with van der Waals surface area (Å²) >= 11 is 6.89. The summed E-state index contributed by atoms with van der Waals surface area (Å²) in [6.45, 7) is 3.34. The van der Waals surface area contributed by atoms with E-state index in [1.807, 2.05) is 23.1 Å². The van der Waals surface area contributed by atoms with Gasteiger partial charge in [0.25, 0.3) is 5.91 Å². The number of nitrogens with zero attached hydrogens (tertiary/aromatic N) is 1. The van der Waals surface area contributed by atoms with Crippen LogP contribution in [0.15, 0.2) is 27.1 Å². The Morgan fingerprint density at radius 3 is 2.70 bits per heavy atom. The van der Waals surface area contributed by atoms with E-state index in [1.165, 1.54) is 12.8 Å². The third kappa shape index (κ3) is 3.83. The monoisotopic (exact) mass is 403 g/mol. The third-order valence-electron chi connectivity index (χ3n) is 3.75. The van der Waals surface area contributed by atoms with Crippen molar-refractivity contribution in [3.05, 3.63) is 32.7 Å². The second-order valence-corrected chi connectivity index (χ2v) is 6.96. The normalized spacial score (nSPS) is 16.0. The van der Waals surface area contributed by atoms with E-state index in [9.17, 15) is 4.79 Å². The second-order valence-electron chi connectivity index (χ2n) is 5.19. The Morgan fingerprint density at radius 2 is 2.15 bits per heavy atom. The molecule has 1 fully saturated rings. The van der Waals surface area contributed by atoms with Gasteiger partial charge in [0, 0.05) is 28.6 Å². The van der Waals surface area contributed by atoms with E-state index in [1.54, 1.807) is 7.11 Å². The highest BCUT2D eigenvalue weighted by molar-refractivity contribution is 9.11. The maximum absolute atomic E-state index is 12.8. The molecule has 0 radical (unpaired) electrons. The van der Waals surface area contributed by atoms with Crippen LogP contribution in [0.2, 0.25) is 0 Å². The van der Waals surface area contributed by atoms with Crippen molar-refractivity contribution in [2.75, 3.05) is 20.3 Å². The molecule has 0 spiro atoms. The molecule has 1 amide bonds. The van der Waals surface area contributed by atoms with Gasteiger partial charge in [0.2, 0.25) is 0 Å². The maximum atomic E-state index is 12.8. The van der Waals surface area contributed by atoms with Crippen LogP contribution in [-0.4, -0.2) is 37.1 Å². The summed E-state index contributed by atoms with van der Waals surface area (Å²) in [4.78, 5) is 14.7. The lowest BCUT2D eigenvalue weighted by Gasteiger charge is -2.29. The lowest BCUT2D eigenvalue weighted by atomic mass is 10.1. The molecule has 1 aliphatic carbocycles. The SMILES string of the molecule is COCCN(C(=O)c1ccc(Br)cc1Br)C(C)C1CC1. The summed E-state index contributed by atoms with van der Waals surface area (Å²) in [6, 6.07) is 5.93. The molecule has 1 saturated carbocycles. The largest absolute Gasteiger partial charge is 0.383 e. The van der Waals surface area contributed by atoms with Crippen LogP contribution in [0.4, 0.5) is 0 Å². The van der Waals surface area contributed by atoms with E-state index in [2.05, 4.69) is 38.8 Å². The molecule has 0 N–H and O–H groups in total. The first kappa shape index (κ1) is 16.0. The van der Waals surface area contributed by atoms with Crippen LogP contribution >= 0.6 is 31.9 Å². The Labute approximate surface area is 136 Å². The fourth-order valence-electron chi connectivity index (χ4n) is 2.33. The predicted octanol–water partition coefficient (Wildman–Crippen LogP) is 4.10. The average molecular weight is 405 g/mol. The van der Waals surface area contributed by atoms with Gasteiger partial charge in [-0.15, -0.1) is 0 Å². The maximum Gasteiger partial charge on any atom is 0.255 e. The second kappa shape index (κ2) is 7.05. The van der Waals surface area contributed by atoms with Crippen molar-refractivity contribution in [3.8, 4) is 0 Å². The van der Waals surface area contributed by atoms with E-state index >= 15 is 0 Å². The van der Waals surface area contributed by atoms with Gasteiger partial charge in [-0.05, 0) is 59.8 Å². The molecule has 110 valence electrons. The average Bonchev–Trinajstić information content (AvgIpc) is 3.22. The number of ether oxygens (including phenoxy) is 1. The van der Waals surface area contributed by atoms with Gasteiger partial charge >= 0.3 is 0 Å². The van der Waals surface area contributed by atoms with E-state index in [-0.39, 0.29) is 11.9 Å². The van der Waals surface area contributed by atoms with Crippen molar-refractivity contribution in [1.29, 1.82) is 0 Å². The topological polar surface area (TPSA) is 29.5 Å². The van der Waals surface area contributed by atoms with Crippen LogP contribution < -0.4 is 0 Å². The van der Waals surface area contributed by atoms with Crippen molar-refractivity contribution in [2.45, 2.75) is 25.8 Å². The van der Waals surface area contributed by atoms with Crippen LogP contribution in [0.25, 0.3) is 0 Å². The number of rotatable bonds is 6. The van der Waals surface area contributed by atoms with Gasteiger partial charge in [-0.25, -0.2) is 0 Å². The van der Waals surface area contributed by atoms with Crippen molar-refractivity contribution in [2.24, 2.45) is 5.92 Å². The first-order valence-corrected chi connectivity index (χ1v) is 8.38. The third-order valence-corrected chi connectivity index (χ3v) is 4.90. The van der Waals surface area contributed by atoms with Crippen molar-refractivity contribution >= 4 is 37.8 Å². The number of benzene rings is 1. The smallest absolute Gasteiger partial charge is 0.255 e. The molecular weight excluding hydrogens is 386 g/mol. The molecule has 0 heterocycles. The molecular formula is C15H19Br2NO2. The summed E-state index contributed by atoms with van der Waals surface area (Å²) in [5.41, 5.74) is 0.705. The highest BCUT2D eigenvalue weighted by atomic mass is 79.9. The minimum absolute atomic E-state index is 0.0702. The van der Waals surface area contributed by atoms with Crippen LogP contribution in [0.3, 0.4) is 0 Å². The molecule has 1 unspecified atom stereocenters. The Balaban J connectivity index is 2.20. The predicted molar refractivity (Wildman–Crippen MR) is 86.9 cm³/mol. The molecule has 0 bridgehead atoms. The lowest BCUT2D eigenvalue weighted by molar-refractivity contribution is 0.0593. The Hall–Kier alpha value is -0.390. The van der Waals surface area contributed by atoms with Crippen molar-refractivity contribution in [3.63, 3.8) is 0 Å². The van der Waals surface area contributed by atoms with E-state index in [0.717, 1.165) is 8.95 Å². The molecule has 0 aliphatic heterocycles. The standard InChI is InChI=1S/C15H19Br2NO2/c1-10(11-3-4-11)18(7-8-20-2)15(19)13-6-5-12(16)9-14(13)17/h5-6,9-11H,3-4,7-8H2,1-2H3. The zero-order valence-corrected chi connectivity index (χ0v) is 14.9. The highest BCUT2D eigenvalue weighted by Gasteiger charge is 2.34. The summed E-state index contributed by atoms with van der Waals surface area (Å²) < 4.78 is 6.92. The molecule has 0 saturated heterocycles. The summed E-state index contributed by atoms with van der Waals surface area (Å²) in [5.74, 6) is 0.714. The number of halogens is 2. The fraction of sp³-hybridized carbons (Fsp3) is 0.533. The van der Waals surface area contributed by atoms with Gasteiger partial charge < -0.3 is 9.64 Å². The quantitative estimate of drug-likeness (QED) is 0.714. The molecule has 1 atom stereocenters. The molecule has 20 heavy (non-hydrogen) atoms. The van der Waals surface area contributed by atoms with Gasteiger partial charge in [-0.1, -0.05) is 15.9 Å². The van der Waals surface area contributed by atoms with E-state index in [0.29, 0.717) is 24.6 Å². The minimum Gasteiger partial charge on any atom is -0.383 e. The number of amides is 1. The van der Waals surface area contributed by atoms with Crippen LogP contribution in [0.5, 0.6) is 0 Å². The number of carbonyl (C=O) groups excluding carboxylic acids is 1. The minimum atomic E-state index is 0.0702. The van der Waals surface area contributed by atoms with E-state index < -0.39 is 0 Å². The zero-order chi connectivity index (χ0) is 14.7. The van der Waals surface area contributed by atoms with Crippen LogP contribution in [0.1, 0.15) is 30.1 Å². The molecule has 3 nitrogen and oxygen atoms in total. The zero-order valence-electron chi connectivity index (χ0n) is 11.7. The van der Waals surface area contributed by atoms with Gasteiger partial charge in [0.1, 0.15) is 0 Å². The first-order chi connectivity index (χ1) is 9.54. The van der Waals surface area contributed by atoms with Crippen molar-refractivity contribution < 1.29 is 9.53 Å². The summed E-state index contributed by atoms with van der Waals surface area (Å²) in [6.07, 6.45) is 2.44. The molecule has 1 aromatic carbocycles. The summed E-state index contributed by atoms with van der Waals surface area (Å²) in [7, 11) is 1.67. The first-order valence-electron chi connectivity index (χ1n) is 6.79. The molecule has 1 aromatic rings. The number of hydrogen-bond acceptors (Lipinski definition) is 2. The van der Waals surface area contributed by atoms with Crippen LogP contribution in [-0.2, 0) is 4.74 Å². The fourth-order valence-corrected chi connectivity index (χ4v) is 3.55. The number of methoxy groups -OCH3 is 1. The lowest BCUT2D eigenvalue weighted by Crippen LogP contribution is -2.42.